The molecular weight excluding hydrogens is 249 g/mol. The van der Waals surface area contributed by atoms with E-state index in [0.717, 1.165) is 0 Å². The highest BCUT2D eigenvalue weighted by Gasteiger charge is 2.18. The lowest BCUT2D eigenvalue weighted by molar-refractivity contribution is 0.0238. The van der Waals surface area contributed by atoms with Crippen LogP contribution in [0, 0.1) is 5.92 Å². The monoisotopic (exact) mass is 261 g/mol. The molecule has 0 spiro atoms. The number of carbonyl (C=O) groups is 1. The molecule has 1 rings (SSSR count). The predicted octanol–water partition coefficient (Wildman–Crippen LogP) is 3.59. The van der Waals surface area contributed by atoms with E-state index in [0.29, 0.717) is 0 Å². The molecule has 1 aromatic rings. The van der Waals surface area contributed by atoms with E-state index in [-0.39, 0.29) is 27.9 Å². The number of rotatable bonds is 3. The first-order chi connectivity index (χ1) is 7.41. The van der Waals surface area contributed by atoms with Crippen LogP contribution >= 0.6 is 23.2 Å². The second-order valence-electron chi connectivity index (χ2n) is 3.83. The van der Waals surface area contributed by atoms with Crippen molar-refractivity contribution in [2.75, 3.05) is 0 Å². The normalized spacial score (nSPS) is 12.6. The smallest absolute Gasteiger partial charge is 0.341 e. The third-order valence-corrected chi connectivity index (χ3v) is 2.77. The largest absolute Gasteiger partial charge is 0.459 e. The maximum Gasteiger partial charge on any atom is 0.341 e. The van der Waals surface area contributed by atoms with Gasteiger partial charge in [0.2, 0.25) is 0 Å². The molecule has 0 amide bonds. The van der Waals surface area contributed by atoms with Crippen molar-refractivity contribution in [2.24, 2.45) is 5.92 Å². The topological polar surface area (TPSA) is 39.2 Å². The molecule has 16 heavy (non-hydrogen) atoms. The van der Waals surface area contributed by atoms with Crippen LogP contribution in [-0.2, 0) is 4.74 Å². The SMILES string of the molecule is CC(C)C(C)OC(=O)c1ccc(Cl)nc1Cl. The fourth-order valence-corrected chi connectivity index (χ4v) is 1.35. The highest BCUT2D eigenvalue weighted by molar-refractivity contribution is 6.34. The summed E-state index contributed by atoms with van der Waals surface area (Å²) in [5, 5.41) is 0.312. The van der Waals surface area contributed by atoms with Gasteiger partial charge in [-0.2, -0.15) is 0 Å². The molecule has 1 heterocycles. The van der Waals surface area contributed by atoms with Crippen LogP contribution in [0.5, 0.6) is 0 Å². The predicted molar refractivity (Wildman–Crippen MR) is 64.0 cm³/mol. The highest BCUT2D eigenvalue weighted by Crippen LogP contribution is 2.19. The van der Waals surface area contributed by atoms with Gasteiger partial charge >= 0.3 is 5.97 Å². The van der Waals surface area contributed by atoms with Crippen LogP contribution in [-0.4, -0.2) is 17.1 Å². The van der Waals surface area contributed by atoms with Gasteiger partial charge in [0, 0.05) is 0 Å². The summed E-state index contributed by atoms with van der Waals surface area (Å²) >= 11 is 11.4. The number of hydrogen-bond donors (Lipinski definition) is 0. The van der Waals surface area contributed by atoms with Gasteiger partial charge < -0.3 is 4.74 Å². The first-order valence-electron chi connectivity index (χ1n) is 4.95. The number of halogens is 2. The molecule has 0 aliphatic carbocycles. The lowest BCUT2D eigenvalue weighted by Gasteiger charge is -2.16. The summed E-state index contributed by atoms with van der Waals surface area (Å²) in [4.78, 5) is 15.5. The van der Waals surface area contributed by atoms with E-state index in [4.69, 9.17) is 27.9 Å². The van der Waals surface area contributed by atoms with Crippen molar-refractivity contribution in [1.82, 2.24) is 4.98 Å². The van der Waals surface area contributed by atoms with Gasteiger partial charge in [0.05, 0.1) is 5.56 Å². The van der Waals surface area contributed by atoms with Gasteiger partial charge in [-0.25, -0.2) is 9.78 Å². The van der Waals surface area contributed by atoms with Gasteiger partial charge in [0.1, 0.15) is 16.4 Å². The molecule has 1 atom stereocenters. The molecular formula is C11H13Cl2NO2. The van der Waals surface area contributed by atoms with Gasteiger partial charge in [-0.05, 0) is 25.0 Å². The molecule has 5 heteroatoms. The molecule has 0 fully saturated rings. The summed E-state index contributed by atoms with van der Waals surface area (Å²) in [6.07, 6.45) is -0.167. The van der Waals surface area contributed by atoms with Crippen LogP contribution in [0.15, 0.2) is 12.1 Å². The fourth-order valence-electron chi connectivity index (χ4n) is 0.933. The van der Waals surface area contributed by atoms with Gasteiger partial charge in [-0.1, -0.05) is 37.0 Å². The summed E-state index contributed by atoms with van der Waals surface area (Å²) in [5.41, 5.74) is 0.235. The van der Waals surface area contributed by atoms with E-state index in [1.54, 1.807) is 0 Å². The molecule has 0 aromatic carbocycles. The summed E-state index contributed by atoms with van der Waals surface area (Å²) in [6, 6.07) is 3.01. The van der Waals surface area contributed by atoms with Crippen molar-refractivity contribution < 1.29 is 9.53 Å². The lowest BCUT2D eigenvalue weighted by Crippen LogP contribution is -2.20. The van der Waals surface area contributed by atoms with Crippen molar-refractivity contribution >= 4 is 29.2 Å². The van der Waals surface area contributed by atoms with Crippen LogP contribution in [0.3, 0.4) is 0 Å². The molecule has 3 nitrogen and oxygen atoms in total. The van der Waals surface area contributed by atoms with Crippen LogP contribution in [0.1, 0.15) is 31.1 Å². The Morgan fingerprint density at radius 1 is 1.31 bits per heavy atom. The quantitative estimate of drug-likeness (QED) is 0.617. The molecule has 0 N–H and O–H groups in total. The average molecular weight is 262 g/mol. The third-order valence-electron chi connectivity index (χ3n) is 2.27. The Kier molecular flexibility index (Phi) is 4.56. The zero-order valence-corrected chi connectivity index (χ0v) is 10.8. The second-order valence-corrected chi connectivity index (χ2v) is 4.57. The van der Waals surface area contributed by atoms with Crippen molar-refractivity contribution in [3.05, 3.63) is 28.0 Å². The first kappa shape index (κ1) is 13.3. The van der Waals surface area contributed by atoms with Crippen LogP contribution < -0.4 is 0 Å². The van der Waals surface area contributed by atoms with Gasteiger partial charge in [-0.3, -0.25) is 0 Å². The Bertz CT molecular complexity index is 394. The molecule has 88 valence electrons. The Morgan fingerprint density at radius 2 is 1.94 bits per heavy atom. The number of ether oxygens (including phenoxy) is 1. The number of esters is 1. The number of nitrogens with zero attached hydrogens (tertiary/aromatic N) is 1. The van der Waals surface area contributed by atoms with E-state index < -0.39 is 5.97 Å². The number of carbonyl (C=O) groups excluding carboxylic acids is 1. The van der Waals surface area contributed by atoms with Crippen LogP contribution in [0.2, 0.25) is 10.3 Å². The zero-order chi connectivity index (χ0) is 12.3. The van der Waals surface area contributed by atoms with E-state index in [9.17, 15) is 4.79 Å². The van der Waals surface area contributed by atoms with Gasteiger partial charge in [0.25, 0.3) is 0 Å². The molecule has 0 radical (unpaired) electrons. The summed E-state index contributed by atoms with van der Waals surface area (Å²) in [7, 11) is 0. The van der Waals surface area contributed by atoms with Gasteiger partial charge in [0.15, 0.2) is 0 Å². The Balaban J connectivity index is 2.81. The fraction of sp³-hybridized carbons (Fsp3) is 0.455. The summed E-state index contributed by atoms with van der Waals surface area (Å²) in [5.74, 6) is -0.224. The first-order valence-corrected chi connectivity index (χ1v) is 5.70. The molecule has 0 bridgehead atoms. The summed E-state index contributed by atoms with van der Waals surface area (Å²) < 4.78 is 5.21. The van der Waals surface area contributed by atoms with Gasteiger partial charge in [-0.15, -0.1) is 0 Å². The lowest BCUT2D eigenvalue weighted by atomic mass is 10.1. The number of pyridine rings is 1. The molecule has 0 aliphatic heterocycles. The zero-order valence-electron chi connectivity index (χ0n) is 9.33. The molecule has 0 saturated carbocycles. The third kappa shape index (κ3) is 3.35. The standard InChI is InChI=1S/C11H13Cl2NO2/c1-6(2)7(3)16-11(15)8-4-5-9(12)14-10(8)13/h4-7H,1-3H3. The minimum Gasteiger partial charge on any atom is -0.459 e. The number of aromatic nitrogens is 1. The van der Waals surface area contributed by atoms with Crippen molar-refractivity contribution in [3.8, 4) is 0 Å². The van der Waals surface area contributed by atoms with E-state index in [1.807, 2.05) is 20.8 Å². The van der Waals surface area contributed by atoms with Crippen LogP contribution in [0.25, 0.3) is 0 Å². The Morgan fingerprint density at radius 3 is 2.44 bits per heavy atom. The molecule has 1 unspecified atom stereocenters. The van der Waals surface area contributed by atoms with Crippen molar-refractivity contribution in [2.45, 2.75) is 26.9 Å². The second kappa shape index (κ2) is 5.51. The van der Waals surface area contributed by atoms with Crippen LogP contribution in [0.4, 0.5) is 0 Å². The van der Waals surface area contributed by atoms with Crippen molar-refractivity contribution in [1.29, 1.82) is 0 Å². The highest BCUT2D eigenvalue weighted by atomic mass is 35.5. The minimum absolute atomic E-state index is 0.0634. The van der Waals surface area contributed by atoms with E-state index in [1.165, 1.54) is 12.1 Å². The molecule has 1 aromatic heterocycles. The maximum atomic E-state index is 11.7. The maximum absolute atomic E-state index is 11.7. The minimum atomic E-state index is -0.477. The van der Waals surface area contributed by atoms with E-state index >= 15 is 0 Å². The van der Waals surface area contributed by atoms with E-state index in [2.05, 4.69) is 4.98 Å². The molecule has 0 aliphatic rings. The van der Waals surface area contributed by atoms with Crippen molar-refractivity contribution in [3.63, 3.8) is 0 Å². The Labute approximate surface area is 105 Å². The summed E-state index contributed by atoms with van der Waals surface area (Å²) in [6.45, 7) is 5.78. The number of hydrogen-bond acceptors (Lipinski definition) is 3. The molecule has 0 saturated heterocycles. The average Bonchev–Trinajstić information content (AvgIpc) is 2.16. The Hall–Kier alpha value is -0.800.